The van der Waals surface area contributed by atoms with E-state index in [1.54, 1.807) is 52.7 Å². The van der Waals surface area contributed by atoms with Gasteiger partial charge in [0.1, 0.15) is 0 Å². The first kappa shape index (κ1) is 22.1. The van der Waals surface area contributed by atoms with Crippen LogP contribution >= 0.6 is 0 Å². The summed E-state index contributed by atoms with van der Waals surface area (Å²) in [5, 5.41) is 0.921. The maximum atomic E-state index is 13.6. The zero-order valence-corrected chi connectivity index (χ0v) is 19.3. The first-order valence-electron chi connectivity index (χ1n) is 10.1. The van der Waals surface area contributed by atoms with Gasteiger partial charge in [-0.1, -0.05) is 0 Å². The molecule has 0 atom stereocenters. The van der Waals surface area contributed by atoms with Crippen LogP contribution in [0.5, 0.6) is 34.5 Å². The Morgan fingerprint density at radius 1 is 0.515 bits per heavy atom. The molecule has 0 radical (unpaired) electrons. The summed E-state index contributed by atoms with van der Waals surface area (Å²) in [7, 11) is 9.33. The van der Waals surface area contributed by atoms with Gasteiger partial charge in [0.15, 0.2) is 39.9 Å². The lowest BCUT2D eigenvalue weighted by atomic mass is 10.1. The molecule has 0 aliphatic rings. The SMILES string of the molecule is COc1ccc(-n2c3cc(OC)c(OC)cc3c(=O)c3cc(OC)c(OC)cc32)cc1OC. The molecule has 0 bridgehead atoms. The molecule has 0 saturated carbocycles. The maximum absolute atomic E-state index is 13.6. The summed E-state index contributed by atoms with van der Waals surface area (Å²) in [6, 6.07) is 12.5. The summed E-state index contributed by atoms with van der Waals surface area (Å²) < 4.78 is 34.8. The Morgan fingerprint density at radius 3 is 1.33 bits per heavy atom. The van der Waals surface area contributed by atoms with Gasteiger partial charge in [-0.25, -0.2) is 0 Å². The highest BCUT2D eigenvalue weighted by molar-refractivity contribution is 5.98. The van der Waals surface area contributed by atoms with E-state index in [4.69, 9.17) is 28.4 Å². The minimum absolute atomic E-state index is 0.168. The third-order valence-electron chi connectivity index (χ3n) is 5.60. The van der Waals surface area contributed by atoms with Gasteiger partial charge in [0.25, 0.3) is 0 Å². The van der Waals surface area contributed by atoms with E-state index >= 15 is 0 Å². The van der Waals surface area contributed by atoms with Crippen LogP contribution in [0.15, 0.2) is 47.3 Å². The molecule has 0 saturated heterocycles. The molecule has 1 aromatic heterocycles. The number of benzene rings is 3. The molecule has 33 heavy (non-hydrogen) atoms. The smallest absolute Gasteiger partial charge is 0.197 e. The summed E-state index contributed by atoms with van der Waals surface area (Å²) in [4.78, 5) is 13.6. The third-order valence-corrected chi connectivity index (χ3v) is 5.60. The van der Waals surface area contributed by atoms with Crippen LogP contribution in [0.25, 0.3) is 27.5 Å². The molecule has 0 spiro atoms. The van der Waals surface area contributed by atoms with Gasteiger partial charge in [0.2, 0.25) is 0 Å². The van der Waals surface area contributed by atoms with Crippen LogP contribution in [0.3, 0.4) is 0 Å². The average Bonchev–Trinajstić information content (AvgIpc) is 2.87. The molecule has 8 nitrogen and oxygen atoms in total. The fourth-order valence-electron chi connectivity index (χ4n) is 3.99. The first-order valence-corrected chi connectivity index (χ1v) is 10.1. The van der Waals surface area contributed by atoms with E-state index < -0.39 is 0 Å². The number of nitrogens with zero attached hydrogens (tertiary/aromatic N) is 1. The topological polar surface area (TPSA) is 77.4 Å². The van der Waals surface area contributed by atoms with Gasteiger partial charge < -0.3 is 33.0 Å². The number of aromatic nitrogens is 1. The van der Waals surface area contributed by atoms with Gasteiger partial charge in [0.05, 0.1) is 70.2 Å². The van der Waals surface area contributed by atoms with E-state index in [0.717, 1.165) is 5.69 Å². The summed E-state index contributed by atoms with van der Waals surface area (Å²) >= 11 is 0. The Hall–Kier alpha value is -4.07. The molecule has 3 aromatic carbocycles. The van der Waals surface area contributed by atoms with Crippen molar-refractivity contribution in [2.24, 2.45) is 0 Å². The van der Waals surface area contributed by atoms with Gasteiger partial charge >= 0.3 is 0 Å². The second-order valence-electron chi connectivity index (χ2n) is 7.15. The van der Waals surface area contributed by atoms with Crippen molar-refractivity contribution in [1.29, 1.82) is 0 Å². The fourth-order valence-corrected chi connectivity index (χ4v) is 3.99. The lowest BCUT2D eigenvalue weighted by Crippen LogP contribution is -2.12. The van der Waals surface area contributed by atoms with E-state index in [1.165, 1.54) is 14.2 Å². The second kappa shape index (κ2) is 8.82. The van der Waals surface area contributed by atoms with Gasteiger partial charge in [-0.3, -0.25) is 4.79 Å². The summed E-state index contributed by atoms with van der Waals surface area (Å²) in [6.07, 6.45) is 0. The Morgan fingerprint density at radius 2 is 0.909 bits per heavy atom. The van der Waals surface area contributed by atoms with Crippen LogP contribution in [0, 0.1) is 0 Å². The Kier molecular flexibility index (Phi) is 5.91. The van der Waals surface area contributed by atoms with Crippen molar-refractivity contribution in [2.45, 2.75) is 0 Å². The quantitative estimate of drug-likeness (QED) is 0.390. The van der Waals surface area contributed by atoms with Crippen molar-refractivity contribution in [3.05, 3.63) is 52.7 Å². The Bertz CT molecular complexity index is 1330. The summed E-state index contributed by atoms with van der Waals surface area (Å²) in [5.41, 5.74) is 1.84. The molecule has 0 unspecified atom stereocenters. The number of rotatable bonds is 7. The van der Waals surface area contributed by atoms with Gasteiger partial charge in [-0.05, 0) is 24.3 Å². The number of hydrogen-bond acceptors (Lipinski definition) is 7. The van der Waals surface area contributed by atoms with Gasteiger partial charge in [0, 0.05) is 18.2 Å². The first-order chi connectivity index (χ1) is 16.0. The Labute approximate surface area is 190 Å². The highest BCUT2D eigenvalue weighted by Gasteiger charge is 2.20. The van der Waals surface area contributed by atoms with E-state index in [2.05, 4.69) is 0 Å². The van der Waals surface area contributed by atoms with Crippen LogP contribution in [-0.2, 0) is 0 Å². The van der Waals surface area contributed by atoms with Crippen molar-refractivity contribution in [2.75, 3.05) is 42.7 Å². The molecule has 4 aromatic rings. The second-order valence-corrected chi connectivity index (χ2v) is 7.15. The van der Waals surface area contributed by atoms with Crippen LogP contribution in [0.2, 0.25) is 0 Å². The zero-order valence-electron chi connectivity index (χ0n) is 19.3. The summed E-state index contributed by atoms with van der Waals surface area (Å²) in [5.74, 6) is 3.06. The molecular weight excluding hydrogens is 426 g/mol. The van der Waals surface area contributed by atoms with Crippen molar-refractivity contribution in [1.82, 2.24) is 4.57 Å². The highest BCUT2D eigenvalue weighted by Crippen LogP contribution is 2.38. The van der Waals surface area contributed by atoms with E-state index in [-0.39, 0.29) is 5.43 Å². The predicted molar refractivity (Wildman–Crippen MR) is 126 cm³/mol. The number of hydrogen-bond donors (Lipinski definition) is 0. The molecule has 0 aliphatic carbocycles. The van der Waals surface area contributed by atoms with Gasteiger partial charge in [-0.2, -0.15) is 0 Å². The molecule has 0 fully saturated rings. The molecule has 0 N–H and O–H groups in total. The van der Waals surface area contributed by atoms with Crippen LogP contribution in [0.1, 0.15) is 0 Å². The summed E-state index contributed by atoms with van der Waals surface area (Å²) in [6.45, 7) is 0. The molecule has 172 valence electrons. The van der Waals surface area contributed by atoms with E-state index in [1.807, 2.05) is 22.8 Å². The molecule has 8 heteroatoms. The lowest BCUT2D eigenvalue weighted by Gasteiger charge is -2.20. The molecule has 4 rings (SSSR count). The van der Waals surface area contributed by atoms with Crippen molar-refractivity contribution >= 4 is 21.8 Å². The largest absolute Gasteiger partial charge is 0.493 e. The molecule has 0 aliphatic heterocycles. The van der Waals surface area contributed by atoms with Crippen LogP contribution < -0.4 is 33.8 Å². The average molecular weight is 451 g/mol. The van der Waals surface area contributed by atoms with Crippen molar-refractivity contribution < 1.29 is 28.4 Å². The lowest BCUT2D eigenvalue weighted by molar-refractivity contribution is 0.354. The monoisotopic (exact) mass is 451 g/mol. The Balaban J connectivity index is 2.24. The van der Waals surface area contributed by atoms with Crippen LogP contribution in [0.4, 0.5) is 0 Å². The fraction of sp³-hybridized carbons (Fsp3) is 0.240. The predicted octanol–water partition coefficient (Wildman–Crippen LogP) is 4.20. The normalized spacial score (nSPS) is 10.8. The number of pyridine rings is 1. The number of fused-ring (bicyclic) bond motifs is 2. The third kappa shape index (κ3) is 3.53. The van der Waals surface area contributed by atoms with Crippen LogP contribution in [-0.4, -0.2) is 47.2 Å². The molecule has 1 heterocycles. The minimum Gasteiger partial charge on any atom is -0.493 e. The van der Waals surface area contributed by atoms with E-state index in [9.17, 15) is 4.79 Å². The van der Waals surface area contributed by atoms with E-state index in [0.29, 0.717) is 56.3 Å². The van der Waals surface area contributed by atoms with Crippen molar-refractivity contribution in [3.8, 4) is 40.2 Å². The zero-order chi connectivity index (χ0) is 23.7. The van der Waals surface area contributed by atoms with Crippen molar-refractivity contribution in [3.63, 3.8) is 0 Å². The molecular formula is C25H25NO7. The molecule has 0 amide bonds. The minimum atomic E-state index is -0.168. The number of ether oxygens (including phenoxy) is 6. The van der Waals surface area contributed by atoms with Gasteiger partial charge in [-0.15, -0.1) is 0 Å². The maximum Gasteiger partial charge on any atom is 0.197 e. The number of methoxy groups -OCH3 is 6. The standard InChI is InChI=1S/C25H25NO7/c1-28-19-8-7-14(9-20(19)29-2)26-17-12-23(32-5)21(30-3)10-15(17)25(27)16-11-22(31-4)24(33-6)13-18(16)26/h7-13H,1-6H3. The highest BCUT2D eigenvalue weighted by atomic mass is 16.5.